The van der Waals surface area contributed by atoms with Gasteiger partial charge >= 0.3 is 0 Å². The minimum Gasteiger partial charge on any atom is -0.469 e. The van der Waals surface area contributed by atoms with E-state index in [9.17, 15) is 0 Å². The Morgan fingerprint density at radius 3 is 2.88 bits per heavy atom. The molecule has 0 bridgehead atoms. The van der Waals surface area contributed by atoms with Gasteiger partial charge in [-0.3, -0.25) is 4.99 Å². The maximum Gasteiger partial charge on any atom is 0.191 e. The quantitative estimate of drug-likeness (QED) is 0.645. The Kier molecular flexibility index (Phi) is 5.64. The van der Waals surface area contributed by atoms with Gasteiger partial charge in [0.2, 0.25) is 0 Å². The highest BCUT2D eigenvalue weighted by atomic mass is 35.5. The van der Waals surface area contributed by atoms with Gasteiger partial charge in [-0.05, 0) is 42.8 Å². The van der Waals surface area contributed by atoms with E-state index in [1.165, 1.54) is 5.69 Å². The lowest BCUT2D eigenvalue weighted by atomic mass is 10.2. The predicted molar refractivity (Wildman–Crippen MR) is 99.0 cm³/mol. The van der Waals surface area contributed by atoms with Gasteiger partial charge in [0.15, 0.2) is 5.96 Å². The Bertz CT molecular complexity index is 654. The van der Waals surface area contributed by atoms with Crippen molar-refractivity contribution in [3.05, 3.63) is 53.4 Å². The molecule has 24 heavy (non-hydrogen) atoms. The topological polar surface area (TPSA) is 52.8 Å². The number of guanidine groups is 1. The number of anilines is 1. The number of rotatable bonds is 5. The first-order chi connectivity index (χ1) is 11.7. The molecule has 1 atom stereocenters. The summed E-state index contributed by atoms with van der Waals surface area (Å²) >= 11 is 5.96. The Hall–Kier alpha value is -2.14. The zero-order valence-electron chi connectivity index (χ0n) is 13.8. The second kappa shape index (κ2) is 8.11. The molecule has 1 aromatic heterocycles. The first-order valence-electron chi connectivity index (χ1n) is 8.24. The van der Waals surface area contributed by atoms with E-state index < -0.39 is 0 Å². The van der Waals surface area contributed by atoms with Crippen LogP contribution in [0.2, 0.25) is 5.02 Å². The molecule has 0 amide bonds. The highest BCUT2D eigenvalue weighted by Crippen LogP contribution is 2.22. The summed E-state index contributed by atoms with van der Waals surface area (Å²) in [6.07, 6.45) is 3.63. The van der Waals surface area contributed by atoms with Crippen LogP contribution in [0.4, 0.5) is 5.69 Å². The summed E-state index contributed by atoms with van der Waals surface area (Å²) in [7, 11) is 1.80. The van der Waals surface area contributed by atoms with Gasteiger partial charge in [0.1, 0.15) is 5.76 Å². The van der Waals surface area contributed by atoms with Crippen molar-refractivity contribution in [2.45, 2.75) is 18.9 Å². The Morgan fingerprint density at radius 2 is 2.17 bits per heavy atom. The fraction of sp³-hybridized carbons (Fsp3) is 0.389. The number of hydrogen-bond donors (Lipinski definition) is 2. The van der Waals surface area contributed by atoms with Gasteiger partial charge in [0.05, 0.1) is 6.26 Å². The molecule has 0 saturated carbocycles. The molecule has 2 aromatic rings. The molecular formula is C18H23ClN4O. The highest BCUT2D eigenvalue weighted by Gasteiger charge is 2.23. The average molecular weight is 347 g/mol. The maximum atomic E-state index is 5.96. The zero-order chi connectivity index (χ0) is 16.8. The van der Waals surface area contributed by atoms with Crippen LogP contribution in [-0.2, 0) is 6.42 Å². The molecule has 128 valence electrons. The lowest BCUT2D eigenvalue weighted by Gasteiger charge is -2.20. The standard InChI is InChI=1S/C18H23ClN4O/c1-20-18(21-10-8-17-3-2-12-24-17)22-15-9-11-23(13-15)16-6-4-14(19)5-7-16/h2-7,12,15H,8-11,13H2,1H3,(H2,20,21,22). The molecule has 1 aliphatic heterocycles. The van der Waals surface area contributed by atoms with E-state index in [0.717, 1.165) is 49.2 Å². The van der Waals surface area contributed by atoms with E-state index in [0.29, 0.717) is 6.04 Å². The first-order valence-corrected chi connectivity index (χ1v) is 8.62. The summed E-state index contributed by atoms with van der Waals surface area (Å²) in [5, 5.41) is 7.61. The maximum absolute atomic E-state index is 5.96. The molecule has 1 unspecified atom stereocenters. The van der Waals surface area contributed by atoms with Gasteiger partial charge in [-0.15, -0.1) is 0 Å². The van der Waals surface area contributed by atoms with E-state index in [-0.39, 0.29) is 0 Å². The number of nitrogens with one attached hydrogen (secondary N) is 2. The van der Waals surface area contributed by atoms with Gasteiger partial charge in [0.25, 0.3) is 0 Å². The predicted octanol–water partition coefficient (Wildman–Crippen LogP) is 2.92. The number of benzene rings is 1. The van der Waals surface area contributed by atoms with Crippen LogP contribution in [0.15, 0.2) is 52.1 Å². The number of hydrogen-bond acceptors (Lipinski definition) is 3. The summed E-state index contributed by atoms with van der Waals surface area (Å²) in [5.41, 5.74) is 1.21. The van der Waals surface area contributed by atoms with Crippen LogP contribution in [-0.4, -0.2) is 38.7 Å². The van der Waals surface area contributed by atoms with Crippen molar-refractivity contribution < 1.29 is 4.42 Å². The molecular weight excluding hydrogens is 324 g/mol. The second-order valence-electron chi connectivity index (χ2n) is 5.88. The van der Waals surface area contributed by atoms with E-state index in [2.05, 4.69) is 32.7 Å². The summed E-state index contributed by atoms with van der Waals surface area (Å²) in [6.45, 7) is 2.78. The van der Waals surface area contributed by atoms with Crippen molar-refractivity contribution in [3.63, 3.8) is 0 Å². The van der Waals surface area contributed by atoms with Crippen LogP contribution in [0.1, 0.15) is 12.2 Å². The number of furan rings is 1. The van der Waals surface area contributed by atoms with Gasteiger partial charge in [-0.25, -0.2) is 0 Å². The van der Waals surface area contributed by atoms with Crippen LogP contribution in [0, 0.1) is 0 Å². The van der Waals surface area contributed by atoms with Crippen molar-refractivity contribution in [1.29, 1.82) is 0 Å². The van der Waals surface area contributed by atoms with Gasteiger partial charge in [-0.1, -0.05) is 11.6 Å². The van der Waals surface area contributed by atoms with Crippen LogP contribution in [0.3, 0.4) is 0 Å². The Labute approximate surface area is 147 Å². The van der Waals surface area contributed by atoms with E-state index in [1.54, 1.807) is 13.3 Å². The second-order valence-corrected chi connectivity index (χ2v) is 6.32. The lowest BCUT2D eigenvalue weighted by molar-refractivity contribution is 0.506. The molecule has 0 aliphatic carbocycles. The van der Waals surface area contributed by atoms with Crippen LogP contribution in [0.5, 0.6) is 0 Å². The summed E-state index contributed by atoms with van der Waals surface area (Å²) in [4.78, 5) is 6.67. The fourth-order valence-corrected chi connectivity index (χ4v) is 3.04. The third-order valence-corrected chi connectivity index (χ3v) is 4.44. The monoisotopic (exact) mass is 346 g/mol. The summed E-state index contributed by atoms with van der Waals surface area (Å²) in [6, 6.07) is 12.3. The number of nitrogens with zero attached hydrogens (tertiary/aromatic N) is 2. The van der Waals surface area contributed by atoms with E-state index in [1.807, 2.05) is 24.3 Å². The normalized spacial score (nSPS) is 18.0. The molecule has 2 N–H and O–H groups in total. The molecule has 3 rings (SSSR count). The largest absolute Gasteiger partial charge is 0.469 e. The van der Waals surface area contributed by atoms with E-state index >= 15 is 0 Å². The molecule has 1 aromatic carbocycles. The zero-order valence-corrected chi connectivity index (χ0v) is 14.6. The molecule has 5 nitrogen and oxygen atoms in total. The van der Waals surface area contributed by atoms with Crippen molar-refractivity contribution in [3.8, 4) is 0 Å². The molecule has 0 spiro atoms. The highest BCUT2D eigenvalue weighted by molar-refractivity contribution is 6.30. The minimum absolute atomic E-state index is 0.385. The van der Waals surface area contributed by atoms with Crippen molar-refractivity contribution in [1.82, 2.24) is 10.6 Å². The molecule has 1 aliphatic rings. The summed E-state index contributed by atoms with van der Waals surface area (Å²) < 4.78 is 5.34. The Morgan fingerprint density at radius 1 is 1.33 bits per heavy atom. The third kappa shape index (κ3) is 4.45. The molecule has 1 fully saturated rings. The summed E-state index contributed by atoms with van der Waals surface area (Å²) in [5.74, 6) is 1.82. The van der Waals surface area contributed by atoms with Crippen LogP contribution in [0.25, 0.3) is 0 Å². The van der Waals surface area contributed by atoms with Crippen LogP contribution < -0.4 is 15.5 Å². The fourth-order valence-electron chi connectivity index (χ4n) is 2.91. The van der Waals surface area contributed by atoms with Crippen molar-refractivity contribution in [2.24, 2.45) is 4.99 Å². The van der Waals surface area contributed by atoms with Gasteiger partial charge in [-0.2, -0.15) is 0 Å². The molecule has 2 heterocycles. The van der Waals surface area contributed by atoms with Gasteiger partial charge in [0, 0.05) is 49.9 Å². The first kappa shape index (κ1) is 16.7. The van der Waals surface area contributed by atoms with Crippen molar-refractivity contribution in [2.75, 3.05) is 31.6 Å². The number of halogens is 1. The lowest BCUT2D eigenvalue weighted by Crippen LogP contribution is -2.45. The van der Waals surface area contributed by atoms with Crippen molar-refractivity contribution >= 4 is 23.2 Å². The van der Waals surface area contributed by atoms with E-state index in [4.69, 9.17) is 16.0 Å². The van der Waals surface area contributed by atoms with Gasteiger partial charge < -0.3 is 20.0 Å². The minimum atomic E-state index is 0.385. The molecule has 0 radical (unpaired) electrons. The SMILES string of the molecule is CN=C(NCCc1ccco1)NC1CCN(c2ccc(Cl)cc2)C1. The average Bonchev–Trinajstić information content (AvgIpc) is 3.26. The number of aliphatic imine (C=N–C) groups is 1. The Balaban J connectivity index is 1.45. The molecule has 6 heteroatoms. The van der Waals surface area contributed by atoms with Crippen LogP contribution >= 0.6 is 11.6 Å². The smallest absolute Gasteiger partial charge is 0.191 e. The third-order valence-electron chi connectivity index (χ3n) is 4.19. The molecule has 1 saturated heterocycles.